The van der Waals surface area contributed by atoms with Crippen molar-refractivity contribution in [1.82, 2.24) is 9.24 Å². The van der Waals surface area contributed by atoms with Gasteiger partial charge in [0.2, 0.25) is 7.56 Å². The monoisotopic (exact) mass is 472 g/mol. The normalized spacial score (nSPS) is 16.9. The summed E-state index contributed by atoms with van der Waals surface area (Å²) in [5, 5.41) is 8.50. The molecule has 1 unspecified atom stereocenters. The Kier molecular flexibility index (Phi) is 5.99. The van der Waals surface area contributed by atoms with E-state index in [2.05, 4.69) is 117 Å². The van der Waals surface area contributed by atoms with E-state index in [1.165, 1.54) is 56.8 Å². The Bertz CT molecular complexity index is 1340. The van der Waals surface area contributed by atoms with Crippen LogP contribution in [-0.2, 0) is 6.54 Å². The molecule has 1 saturated heterocycles. The minimum Gasteiger partial charge on any atom is -0.341 e. The summed E-state index contributed by atoms with van der Waals surface area (Å²) in [6.07, 6.45) is 2.56. The number of fused-ring (bicyclic) bond motifs is 3. The molecule has 2 heterocycles. The highest BCUT2D eigenvalue weighted by Crippen LogP contribution is 2.70. The number of aryl methyl sites for hydroxylation is 3. The number of anilines is 1. The summed E-state index contributed by atoms with van der Waals surface area (Å²) >= 11 is 0. The minimum absolute atomic E-state index is 0.0763. The number of para-hydroxylation sites is 1. The highest BCUT2D eigenvalue weighted by Gasteiger charge is 2.58. The number of rotatable bonds is 5. The molecule has 1 aromatic heterocycles. The second-order valence-electron chi connectivity index (χ2n) is 10.8. The Morgan fingerprint density at radius 1 is 0.824 bits per heavy atom. The van der Waals surface area contributed by atoms with Gasteiger partial charge in [-0.15, -0.1) is 0 Å². The molecule has 0 amide bonds. The summed E-state index contributed by atoms with van der Waals surface area (Å²) in [6, 6.07) is 23.1. The van der Waals surface area contributed by atoms with Crippen molar-refractivity contribution >= 4 is 40.4 Å². The molecule has 5 rings (SSSR count). The van der Waals surface area contributed by atoms with Crippen molar-refractivity contribution in [1.29, 1.82) is 0 Å². The molecule has 3 nitrogen and oxygen atoms in total. The van der Waals surface area contributed by atoms with Crippen LogP contribution in [0.25, 0.3) is 21.8 Å². The largest absolute Gasteiger partial charge is 0.341 e. The van der Waals surface area contributed by atoms with Crippen LogP contribution >= 0.6 is 7.56 Å². The highest BCUT2D eigenvalue weighted by atomic mass is 31.2. The molecule has 1 fully saturated rings. The Morgan fingerprint density at radius 2 is 1.53 bits per heavy atom. The molecule has 0 saturated carbocycles. The predicted molar refractivity (Wildman–Crippen MR) is 152 cm³/mol. The van der Waals surface area contributed by atoms with E-state index in [0.29, 0.717) is 0 Å². The van der Waals surface area contributed by atoms with Crippen LogP contribution in [0.5, 0.6) is 0 Å². The zero-order valence-electron chi connectivity index (χ0n) is 21.7. The van der Waals surface area contributed by atoms with Gasteiger partial charge < -0.3 is 4.57 Å². The van der Waals surface area contributed by atoms with Gasteiger partial charge in [0.25, 0.3) is 0 Å². The highest BCUT2D eigenvalue weighted by molar-refractivity contribution is 7.83. The van der Waals surface area contributed by atoms with Gasteiger partial charge in [0, 0.05) is 41.4 Å². The van der Waals surface area contributed by atoms with Crippen molar-refractivity contribution in [3.05, 3.63) is 71.8 Å². The van der Waals surface area contributed by atoms with E-state index in [1.807, 2.05) is 0 Å². The maximum Gasteiger partial charge on any atom is 0.209 e. The van der Waals surface area contributed by atoms with Crippen LogP contribution in [0.4, 0.5) is 5.69 Å². The van der Waals surface area contributed by atoms with Crippen molar-refractivity contribution in [3.8, 4) is 0 Å². The number of nitrogens with one attached hydrogen (secondary N) is 1. The van der Waals surface area contributed by atoms with Crippen LogP contribution in [-0.4, -0.2) is 27.5 Å². The fourth-order valence-electron chi connectivity index (χ4n) is 5.86. The average Bonchev–Trinajstić information content (AvgIpc) is 3.45. The van der Waals surface area contributed by atoms with Crippen LogP contribution in [0.1, 0.15) is 51.7 Å². The molecule has 178 valence electrons. The van der Waals surface area contributed by atoms with Gasteiger partial charge in [0.15, 0.2) is 0 Å². The van der Waals surface area contributed by atoms with E-state index in [1.54, 1.807) is 0 Å². The van der Waals surface area contributed by atoms with E-state index in [9.17, 15) is 0 Å². The molecule has 0 radical (unpaired) electrons. The number of hydrogen-bond donors (Lipinski definition) is 1. The van der Waals surface area contributed by atoms with Gasteiger partial charge in [0.05, 0.1) is 5.69 Å². The number of aromatic nitrogens is 1. The summed E-state index contributed by atoms with van der Waals surface area (Å²) in [5.74, 6) is 0. The molecule has 34 heavy (non-hydrogen) atoms. The second-order valence-corrected chi connectivity index (χ2v) is 14.8. The Morgan fingerprint density at radius 3 is 2.21 bits per heavy atom. The van der Waals surface area contributed by atoms with E-state index in [0.717, 1.165) is 19.6 Å². The standard InChI is InChI=1S/C30H39N3P/c1-7-33-28-13-9-8-12-26(28)27-21-25(16-17-29(27)33)34(30(4,5)6,32-18-10-11-19-32)31-24-15-14-22(2)23(3)20-24/h8-9,12-17,20-21,31H,7,10-11,18-19H2,1-6H3/q+1. The Balaban J connectivity index is 1.77. The lowest BCUT2D eigenvalue weighted by Crippen LogP contribution is -2.43. The zero-order chi connectivity index (χ0) is 24.1. The van der Waals surface area contributed by atoms with Crippen LogP contribution < -0.4 is 10.4 Å². The summed E-state index contributed by atoms with van der Waals surface area (Å²) < 4.78 is 5.26. The quantitative estimate of drug-likeness (QED) is 0.298. The third-order valence-corrected chi connectivity index (χ3v) is 12.5. The van der Waals surface area contributed by atoms with E-state index < -0.39 is 7.56 Å². The summed E-state index contributed by atoms with van der Waals surface area (Å²) in [4.78, 5) is 0. The lowest BCUT2D eigenvalue weighted by Gasteiger charge is -2.43. The van der Waals surface area contributed by atoms with Crippen LogP contribution in [0.3, 0.4) is 0 Å². The molecule has 0 bridgehead atoms. The first-order valence-electron chi connectivity index (χ1n) is 12.8. The molecule has 0 aliphatic carbocycles. The van der Waals surface area contributed by atoms with Crippen LogP contribution in [0, 0.1) is 13.8 Å². The van der Waals surface area contributed by atoms with E-state index in [-0.39, 0.29) is 5.16 Å². The molecule has 4 heteroatoms. The SMILES string of the molecule is CCn1c2ccccc2c2cc([P+](Nc3ccc(C)c(C)c3)(N3CCCC3)C(C)(C)C)ccc21. The Hall–Kier alpha value is -2.35. The molecule has 4 aromatic rings. The topological polar surface area (TPSA) is 20.2 Å². The number of nitrogens with zero attached hydrogens (tertiary/aromatic N) is 2. The van der Waals surface area contributed by atoms with Gasteiger partial charge >= 0.3 is 0 Å². The summed E-state index contributed by atoms with van der Waals surface area (Å²) in [7, 11) is -1.94. The van der Waals surface area contributed by atoms with Gasteiger partial charge in [-0.1, -0.05) is 24.3 Å². The molecular weight excluding hydrogens is 433 g/mol. The first-order valence-corrected chi connectivity index (χ1v) is 14.5. The minimum atomic E-state index is -1.94. The fourth-order valence-corrected chi connectivity index (χ4v) is 10.4. The Labute approximate surface area is 205 Å². The summed E-state index contributed by atoms with van der Waals surface area (Å²) in [5.41, 5.74) is 6.61. The second kappa shape index (κ2) is 8.70. The third kappa shape index (κ3) is 3.65. The molecule has 1 aliphatic rings. The maximum atomic E-state index is 4.22. The lowest BCUT2D eigenvalue weighted by atomic mass is 10.1. The van der Waals surface area contributed by atoms with Crippen LogP contribution in [0.2, 0.25) is 0 Å². The van der Waals surface area contributed by atoms with Crippen molar-refractivity contribution in [3.63, 3.8) is 0 Å². The summed E-state index contributed by atoms with van der Waals surface area (Å²) in [6.45, 7) is 17.3. The first-order chi connectivity index (χ1) is 16.3. The van der Waals surface area contributed by atoms with Gasteiger partial charge in [0.1, 0.15) is 10.5 Å². The molecular formula is C30H39N3P+. The molecule has 3 aromatic carbocycles. The molecule has 0 spiro atoms. The third-order valence-electron chi connectivity index (χ3n) is 7.72. The first kappa shape index (κ1) is 23.4. The van der Waals surface area contributed by atoms with Gasteiger partial charge in [-0.3, -0.25) is 0 Å². The predicted octanol–water partition coefficient (Wildman–Crippen LogP) is 7.91. The zero-order valence-corrected chi connectivity index (χ0v) is 22.5. The van der Waals surface area contributed by atoms with E-state index in [4.69, 9.17) is 0 Å². The van der Waals surface area contributed by atoms with Crippen molar-refractivity contribution in [2.45, 2.75) is 66.1 Å². The van der Waals surface area contributed by atoms with E-state index >= 15 is 0 Å². The molecule has 1 aliphatic heterocycles. The maximum absolute atomic E-state index is 4.22. The average molecular weight is 473 g/mol. The number of hydrogen-bond acceptors (Lipinski definition) is 2. The molecule has 1 N–H and O–H groups in total. The smallest absolute Gasteiger partial charge is 0.209 e. The van der Waals surface area contributed by atoms with Crippen molar-refractivity contribution < 1.29 is 0 Å². The van der Waals surface area contributed by atoms with Gasteiger partial charge in [-0.25, -0.2) is 5.09 Å². The number of benzene rings is 3. The molecule has 1 atom stereocenters. The lowest BCUT2D eigenvalue weighted by molar-refractivity contribution is 0.534. The van der Waals surface area contributed by atoms with Crippen LogP contribution in [0.15, 0.2) is 60.7 Å². The van der Waals surface area contributed by atoms with Gasteiger partial charge in [-0.05, 0) is 102 Å². The van der Waals surface area contributed by atoms with Crippen molar-refractivity contribution in [2.75, 3.05) is 18.2 Å². The fraction of sp³-hybridized carbons (Fsp3) is 0.400. The van der Waals surface area contributed by atoms with Gasteiger partial charge in [-0.2, -0.15) is 4.67 Å². The van der Waals surface area contributed by atoms with Crippen molar-refractivity contribution in [2.24, 2.45) is 0 Å².